The van der Waals surface area contributed by atoms with Crippen molar-refractivity contribution in [3.8, 4) is 0 Å². The molecule has 0 aliphatic heterocycles. The summed E-state index contributed by atoms with van der Waals surface area (Å²) in [6, 6.07) is 0. The average molecular weight is 287 g/mol. The molecule has 0 radical (unpaired) electrons. The Labute approximate surface area is 123 Å². The van der Waals surface area contributed by atoms with Gasteiger partial charge in [0.25, 0.3) is 0 Å². The van der Waals surface area contributed by atoms with Gasteiger partial charge in [-0.15, -0.1) is 0 Å². The second-order valence-electron chi connectivity index (χ2n) is 4.89. The summed E-state index contributed by atoms with van der Waals surface area (Å²) < 4.78 is 4.72. The van der Waals surface area contributed by atoms with Gasteiger partial charge >= 0.3 is 5.97 Å². The van der Waals surface area contributed by atoms with Gasteiger partial charge < -0.3 is 14.6 Å². The smallest absolute Gasteiger partial charge is 0.311 e. The second-order valence-corrected chi connectivity index (χ2v) is 4.89. The molecule has 0 aliphatic rings. The number of carbonyl (C=O) groups is 2. The predicted molar refractivity (Wildman–Crippen MR) is 79.2 cm³/mol. The van der Waals surface area contributed by atoms with E-state index in [-0.39, 0.29) is 0 Å². The highest BCUT2D eigenvalue weighted by atomic mass is 16.5. The normalized spacial score (nSPS) is 9.55. The van der Waals surface area contributed by atoms with Crippen molar-refractivity contribution in [1.29, 1.82) is 0 Å². The van der Waals surface area contributed by atoms with Gasteiger partial charge in [0.2, 0.25) is 0 Å². The van der Waals surface area contributed by atoms with E-state index in [1.807, 2.05) is 0 Å². The van der Waals surface area contributed by atoms with Gasteiger partial charge in [-0.2, -0.15) is 0 Å². The Morgan fingerprint density at radius 1 is 0.800 bits per heavy atom. The molecule has 0 saturated heterocycles. The molecule has 0 unspecified atom stereocenters. The number of carboxylic acid groups (broad SMARTS) is 1. The summed E-state index contributed by atoms with van der Waals surface area (Å²) in [5.74, 6) is -2.09. The molecule has 4 nitrogen and oxygen atoms in total. The predicted octanol–water partition coefficient (Wildman–Crippen LogP) is 3.23. The van der Waals surface area contributed by atoms with E-state index in [2.05, 4.69) is 20.8 Å². The lowest BCUT2D eigenvalue weighted by molar-refractivity contribution is -0.305. The molecule has 0 atom stereocenters. The number of hydrogen-bond acceptors (Lipinski definition) is 4. The van der Waals surface area contributed by atoms with Crippen LogP contribution < -0.4 is 5.11 Å². The first-order valence-electron chi connectivity index (χ1n) is 7.93. The third-order valence-electron chi connectivity index (χ3n) is 2.80. The van der Waals surface area contributed by atoms with E-state index in [9.17, 15) is 14.7 Å². The molecule has 0 aromatic carbocycles. The maximum absolute atomic E-state index is 10.8. The van der Waals surface area contributed by atoms with Crippen molar-refractivity contribution in [2.75, 3.05) is 6.61 Å². The van der Waals surface area contributed by atoms with Crippen LogP contribution in [0.3, 0.4) is 0 Å². The van der Waals surface area contributed by atoms with Gasteiger partial charge in [0.15, 0.2) is 0 Å². The first kappa shape index (κ1) is 21.2. The standard InChI is InChI=1S/C12H22O4.C4H10/c1-2-3-4-5-6-7-8-9-16-12(15)10-11(13)14;1-3-4-2/h2-10H2,1H3,(H,13,14);3-4H2,1-2H3/p-1. The van der Waals surface area contributed by atoms with E-state index in [1.54, 1.807) is 0 Å². The van der Waals surface area contributed by atoms with E-state index < -0.39 is 18.4 Å². The lowest BCUT2D eigenvalue weighted by Gasteiger charge is -2.05. The summed E-state index contributed by atoms with van der Waals surface area (Å²) in [5, 5.41) is 10.0. The van der Waals surface area contributed by atoms with E-state index in [1.165, 1.54) is 38.5 Å². The zero-order valence-corrected chi connectivity index (χ0v) is 13.4. The van der Waals surface area contributed by atoms with Crippen LogP contribution in [0.1, 0.15) is 85.0 Å². The summed E-state index contributed by atoms with van der Waals surface area (Å²) in [6.45, 7) is 6.86. The number of ether oxygens (including phenoxy) is 1. The Hall–Kier alpha value is -1.06. The molecule has 0 rings (SSSR count). The SMILES string of the molecule is CCCC.CCCCCCCCCOC(=O)CC(=O)[O-]. The Morgan fingerprint density at radius 3 is 1.75 bits per heavy atom. The van der Waals surface area contributed by atoms with Gasteiger partial charge in [0, 0.05) is 0 Å². The van der Waals surface area contributed by atoms with Crippen molar-refractivity contribution in [3.05, 3.63) is 0 Å². The quantitative estimate of drug-likeness (QED) is 0.332. The van der Waals surface area contributed by atoms with Gasteiger partial charge in [0.1, 0.15) is 0 Å². The summed E-state index contributed by atoms with van der Waals surface area (Å²) >= 11 is 0. The Balaban J connectivity index is 0. The molecular weight excluding hydrogens is 256 g/mol. The number of hydrogen-bond donors (Lipinski definition) is 0. The third kappa shape index (κ3) is 22.1. The maximum atomic E-state index is 10.8. The van der Waals surface area contributed by atoms with E-state index in [4.69, 9.17) is 4.74 Å². The van der Waals surface area contributed by atoms with Gasteiger partial charge in [0.05, 0.1) is 19.0 Å². The summed E-state index contributed by atoms with van der Waals surface area (Å²) in [6.07, 6.45) is 9.99. The van der Waals surface area contributed by atoms with Crippen molar-refractivity contribution in [3.63, 3.8) is 0 Å². The van der Waals surface area contributed by atoms with Crippen LogP contribution in [0, 0.1) is 0 Å². The molecule has 4 heteroatoms. The Bertz CT molecular complexity index is 225. The lowest BCUT2D eigenvalue weighted by Crippen LogP contribution is -2.26. The van der Waals surface area contributed by atoms with Crippen LogP contribution in [0.4, 0.5) is 0 Å². The fourth-order valence-electron chi connectivity index (χ4n) is 1.41. The number of aliphatic carboxylic acids is 1. The second kappa shape index (κ2) is 17.9. The monoisotopic (exact) mass is 287 g/mol. The molecule has 0 aromatic rings. The zero-order valence-electron chi connectivity index (χ0n) is 13.4. The molecule has 0 bridgehead atoms. The van der Waals surface area contributed by atoms with Gasteiger partial charge in [-0.05, 0) is 6.42 Å². The first-order chi connectivity index (χ1) is 9.58. The number of carboxylic acids is 1. The van der Waals surface area contributed by atoms with Gasteiger partial charge in [-0.3, -0.25) is 4.79 Å². The van der Waals surface area contributed by atoms with E-state index >= 15 is 0 Å². The fourth-order valence-corrected chi connectivity index (χ4v) is 1.41. The largest absolute Gasteiger partial charge is 0.550 e. The number of carbonyl (C=O) groups excluding carboxylic acids is 2. The van der Waals surface area contributed by atoms with Crippen LogP contribution in [0.5, 0.6) is 0 Å². The Kier molecular flexibility index (Phi) is 19.1. The number of unbranched alkanes of at least 4 members (excludes halogenated alkanes) is 7. The molecule has 0 amide bonds. The van der Waals surface area contributed by atoms with Crippen LogP contribution in [0.25, 0.3) is 0 Å². The van der Waals surface area contributed by atoms with Crippen LogP contribution in [0.15, 0.2) is 0 Å². The number of esters is 1. The molecule has 0 saturated carbocycles. The van der Waals surface area contributed by atoms with Crippen molar-refractivity contribution in [1.82, 2.24) is 0 Å². The van der Waals surface area contributed by atoms with Crippen LogP contribution in [-0.4, -0.2) is 18.5 Å². The van der Waals surface area contributed by atoms with Crippen LogP contribution in [0.2, 0.25) is 0 Å². The van der Waals surface area contributed by atoms with Crippen LogP contribution in [-0.2, 0) is 14.3 Å². The molecule has 0 aromatic heterocycles. The van der Waals surface area contributed by atoms with Crippen LogP contribution >= 0.6 is 0 Å². The first-order valence-corrected chi connectivity index (χ1v) is 7.93. The molecule has 120 valence electrons. The summed E-state index contributed by atoms with van der Waals surface area (Å²) in [7, 11) is 0. The van der Waals surface area contributed by atoms with Gasteiger partial charge in [-0.1, -0.05) is 72.1 Å². The van der Waals surface area contributed by atoms with Crippen molar-refractivity contribution in [2.24, 2.45) is 0 Å². The van der Waals surface area contributed by atoms with Crippen molar-refractivity contribution in [2.45, 2.75) is 85.0 Å². The molecule has 20 heavy (non-hydrogen) atoms. The topological polar surface area (TPSA) is 66.4 Å². The molecule has 0 heterocycles. The molecular formula is C16H31O4-. The average Bonchev–Trinajstić information content (AvgIpc) is 2.41. The fraction of sp³-hybridized carbons (Fsp3) is 0.875. The highest BCUT2D eigenvalue weighted by Gasteiger charge is 2.01. The summed E-state index contributed by atoms with van der Waals surface area (Å²) in [4.78, 5) is 20.8. The maximum Gasteiger partial charge on any atom is 0.311 e. The minimum atomic E-state index is -1.38. The van der Waals surface area contributed by atoms with E-state index in [0.29, 0.717) is 6.61 Å². The molecule has 0 aliphatic carbocycles. The lowest BCUT2D eigenvalue weighted by atomic mass is 10.1. The minimum absolute atomic E-state index is 0.319. The molecule has 0 fully saturated rings. The third-order valence-corrected chi connectivity index (χ3v) is 2.80. The highest BCUT2D eigenvalue weighted by molar-refractivity contribution is 5.88. The highest BCUT2D eigenvalue weighted by Crippen LogP contribution is 2.06. The minimum Gasteiger partial charge on any atom is -0.550 e. The van der Waals surface area contributed by atoms with Gasteiger partial charge in [-0.25, -0.2) is 0 Å². The molecule has 0 N–H and O–H groups in total. The zero-order chi connectivity index (χ0) is 15.6. The molecule has 0 spiro atoms. The van der Waals surface area contributed by atoms with Crippen molar-refractivity contribution < 1.29 is 19.4 Å². The van der Waals surface area contributed by atoms with Crippen molar-refractivity contribution >= 4 is 11.9 Å². The van der Waals surface area contributed by atoms with E-state index in [0.717, 1.165) is 19.3 Å². The number of rotatable bonds is 11. The summed E-state index contributed by atoms with van der Waals surface area (Å²) in [5.41, 5.74) is 0. The Morgan fingerprint density at radius 2 is 1.30 bits per heavy atom.